The first-order chi connectivity index (χ1) is 11.9. The Labute approximate surface area is 150 Å². The monoisotopic (exact) mass is 356 g/mol. The quantitative estimate of drug-likeness (QED) is 0.753. The van der Waals surface area contributed by atoms with Gasteiger partial charge in [0.2, 0.25) is 0 Å². The van der Waals surface area contributed by atoms with Crippen LogP contribution in [0.15, 0.2) is 24.5 Å². The zero-order valence-corrected chi connectivity index (χ0v) is 15.5. The topological polar surface area (TPSA) is 79.2 Å². The van der Waals surface area contributed by atoms with Gasteiger partial charge in [-0.3, -0.25) is 9.78 Å². The Balaban J connectivity index is 2.15. The molecule has 0 radical (unpaired) electrons. The summed E-state index contributed by atoms with van der Waals surface area (Å²) in [6.45, 7) is 6.20. The van der Waals surface area contributed by atoms with Crippen LogP contribution in [-0.4, -0.2) is 39.6 Å². The molecule has 0 saturated heterocycles. The van der Waals surface area contributed by atoms with Crippen molar-refractivity contribution in [2.75, 3.05) is 18.5 Å². The highest BCUT2D eigenvalue weighted by molar-refractivity contribution is 7.18. The predicted octanol–water partition coefficient (Wildman–Crippen LogP) is 3.53. The lowest BCUT2D eigenvalue weighted by Crippen LogP contribution is -2.29. The summed E-state index contributed by atoms with van der Waals surface area (Å²) in [5, 5.41) is 10.2. The maximum atomic E-state index is 11.2. The largest absolute Gasteiger partial charge is 0.481 e. The molecule has 0 aromatic carbocycles. The molecule has 130 valence electrons. The summed E-state index contributed by atoms with van der Waals surface area (Å²) in [4.78, 5) is 28.8. The number of anilines is 1. The van der Waals surface area contributed by atoms with E-state index in [1.165, 1.54) is 4.88 Å². The number of pyridine rings is 1. The molecule has 7 heteroatoms. The first-order valence-corrected chi connectivity index (χ1v) is 8.82. The minimum Gasteiger partial charge on any atom is -0.481 e. The van der Waals surface area contributed by atoms with Crippen molar-refractivity contribution in [3.05, 3.63) is 35.0 Å². The first kappa shape index (κ1) is 17.3. The van der Waals surface area contributed by atoms with Gasteiger partial charge in [0.15, 0.2) is 5.82 Å². The van der Waals surface area contributed by atoms with E-state index in [0.717, 1.165) is 27.2 Å². The van der Waals surface area contributed by atoms with E-state index in [9.17, 15) is 9.90 Å². The van der Waals surface area contributed by atoms with Gasteiger partial charge in [0, 0.05) is 36.4 Å². The SMILES string of the molecule is Cc1sc2nc(-c3cccnc3)nc(N(C)CC(C)C(=O)O)c2c1C. The Morgan fingerprint density at radius 2 is 2.12 bits per heavy atom. The summed E-state index contributed by atoms with van der Waals surface area (Å²) >= 11 is 1.63. The van der Waals surface area contributed by atoms with Gasteiger partial charge >= 0.3 is 5.97 Å². The van der Waals surface area contributed by atoms with E-state index in [0.29, 0.717) is 12.4 Å². The molecular formula is C18H20N4O2S. The average Bonchev–Trinajstić information content (AvgIpc) is 2.89. The van der Waals surface area contributed by atoms with Crippen molar-refractivity contribution in [1.29, 1.82) is 0 Å². The van der Waals surface area contributed by atoms with Crippen molar-refractivity contribution in [3.63, 3.8) is 0 Å². The fourth-order valence-electron chi connectivity index (χ4n) is 2.70. The summed E-state index contributed by atoms with van der Waals surface area (Å²) < 4.78 is 0. The number of aromatic nitrogens is 3. The summed E-state index contributed by atoms with van der Waals surface area (Å²) in [6, 6.07) is 3.77. The highest BCUT2D eigenvalue weighted by Crippen LogP contribution is 2.36. The zero-order chi connectivity index (χ0) is 18.1. The molecule has 0 aliphatic carbocycles. The van der Waals surface area contributed by atoms with E-state index in [4.69, 9.17) is 9.97 Å². The second-order valence-corrected chi connectivity index (χ2v) is 7.40. The molecule has 0 bridgehead atoms. The second kappa shape index (κ2) is 6.76. The van der Waals surface area contributed by atoms with Crippen molar-refractivity contribution in [3.8, 4) is 11.4 Å². The van der Waals surface area contributed by atoms with Crippen LogP contribution >= 0.6 is 11.3 Å². The lowest BCUT2D eigenvalue weighted by Gasteiger charge is -2.22. The van der Waals surface area contributed by atoms with Gasteiger partial charge in [-0.25, -0.2) is 9.97 Å². The van der Waals surface area contributed by atoms with Gasteiger partial charge in [0.25, 0.3) is 0 Å². The van der Waals surface area contributed by atoms with Gasteiger partial charge in [-0.2, -0.15) is 0 Å². The van der Waals surface area contributed by atoms with Crippen LogP contribution in [0.2, 0.25) is 0 Å². The Kier molecular flexibility index (Phi) is 4.67. The number of rotatable bonds is 5. The van der Waals surface area contributed by atoms with Crippen LogP contribution in [-0.2, 0) is 4.79 Å². The molecule has 3 rings (SSSR count). The molecule has 6 nitrogen and oxygen atoms in total. The van der Waals surface area contributed by atoms with Gasteiger partial charge in [-0.15, -0.1) is 11.3 Å². The number of aliphatic carboxylic acids is 1. The number of aryl methyl sites for hydroxylation is 2. The zero-order valence-electron chi connectivity index (χ0n) is 14.6. The molecule has 3 aromatic heterocycles. The van der Waals surface area contributed by atoms with Crippen LogP contribution in [0, 0.1) is 19.8 Å². The molecule has 1 atom stereocenters. The first-order valence-electron chi connectivity index (χ1n) is 8.00. The van der Waals surface area contributed by atoms with Crippen LogP contribution in [0.25, 0.3) is 21.6 Å². The van der Waals surface area contributed by atoms with E-state index in [2.05, 4.69) is 18.8 Å². The molecule has 25 heavy (non-hydrogen) atoms. The molecule has 0 saturated carbocycles. The lowest BCUT2D eigenvalue weighted by atomic mass is 10.1. The van der Waals surface area contributed by atoms with Crippen molar-refractivity contribution < 1.29 is 9.90 Å². The van der Waals surface area contributed by atoms with Crippen LogP contribution in [0.3, 0.4) is 0 Å². The Hall–Kier alpha value is -2.54. The smallest absolute Gasteiger partial charge is 0.308 e. The third-order valence-corrected chi connectivity index (χ3v) is 5.36. The number of nitrogens with zero attached hydrogens (tertiary/aromatic N) is 4. The number of carboxylic acids is 1. The van der Waals surface area contributed by atoms with Crippen LogP contribution in [0.4, 0.5) is 5.82 Å². The molecular weight excluding hydrogens is 336 g/mol. The van der Waals surface area contributed by atoms with Crippen LogP contribution < -0.4 is 4.90 Å². The van der Waals surface area contributed by atoms with Gasteiger partial charge in [0.05, 0.1) is 11.3 Å². The second-order valence-electron chi connectivity index (χ2n) is 6.20. The summed E-state index contributed by atoms with van der Waals surface area (Å²) in [6.07, 6.45) is 3.45. The van der Waals surface area contributed by atoms with Crippen molar-refractivity contribution >= 4 is 33.3 Å². The Morgan fingerprint density at radius 3 is 2.76 bits per heavy atom. The van der Waals surface area contributed by atoms with E-state index < -0.39 is 11.9 Å². The molecule has 3 heterocycles. The predicted molar refractivity (Wildman–Crippen MR) is 100 cm³/mol. The third-order valence-electron chi connectivity index (χ3n) is 4.26. The number of carboxylic acid groups (broad SMARTS) is 1. The van der Waals surface area contributed by atoms with Crippen LogP contribution in [0.5, 0.6) is 0 Å². The van der Waals surface area contributed by atoms with Gasteiger partial charge < -0.3 is 10.0 Å². The van der Waals surface area contributed by atoms with E-state index in [-0.39, 0.29) is 0 Å². The van der Waals surface area contributed by atoms with Crippen molar-refractivity contribution in [2.45, 2.75) is 20.8 Å². The number of thiophene rings is 1. The normalized spacial score (nSPS) is 12.3. The fraction of sp³-hybridized carbons (Fsp3) is 0.333. The molecule has 1 N–H and O–H groups in total. The van der Waals surface area contributed by atoms with E-state index >= 15 is 0 Å². The summed E-state index contributed by atoms with van der Waals surface area (Å²) in [7, 11) is 1.88. The van der Waals surface area contributed by atoms with Crippen LogP contribution in [0.1, 0.15) is 17.4 Å². The minimum absolute atomic E-state index is 0.377. The van der Waals surface area contributed by atoms with Crippen molar-refractivity contribution in [2.24, 2.45) is 5.92 Å². The standard InChI is InChI=1S/C18H20N4O2S/c1-10(18(23)24)9-22(4)16-14-11(2)12(3)25-17(14)21-15(20-16)13-6-5-7-19-8-13/h5-8,10H,9H2,1-4H3,(H,23,24). The maximum Gasteiger partial charge on any atom is 0.308 e. The molecule has 0 spiro atoms. The highest BCUT2D eigenvalue weighted by atomic mass is 32.1. The Morgan fingerprint density at radius 1 is 1.36 bits per heavy atom. The molecule has 1 unspecified atom stereocenters. The van der Waals surface area contributed by atoms with E-state index in [1.807, 2.05) is 24.1 Å². The molecule has 0 amide bonds. The Bertz CT molecular complexity index is 924. The number of carbonyl (C=O) groups is 1. The number of fused-ring (bicyclic) bond motifs is 1. The molecule has 0 aliphatic rings. The summed E-state index contributed by atoms with van der Waals surface area (Å²) in [5.41, 5.74) is 1.98. The average molecular weight is 356 g/mol. The third kappa shape index (κ3) is 3.32. The molecule has 3 aromatic rings. The summed E-state index contributed by atoms with van der Waals surface area (Å²) in [5.74, 6) is 0.0604. The fourth-order valence-corrected chi connectivity index (χ4v) is 3.73. The maximum absolute atomic E-state index is 11.2. The highest BCUT2D eigenvalue weighted by Gasteiger charge is 2.21. The minimum atomic E-state index is -0.817. The van der Waals surface area contributed by atoms with Crippen molar-refractivity contribution in [1.82, 2.24) is 15.0 Å². The van der Waals surface area contributed by atoms with E-state index in [1.54, 1.807) is 30.7 Å². The van der Waals surface area contributed by atoms with Gasteiger partial charge in [0.1, 0.15) is 10.6 Å². The molecule has 0 aliphatic heterocycles. The van der Waals surface area contributed by atoms with Gasteiger partial charge in [-0.1, -0.05) is 6.92 Å². The number of hydrogen-bond donors (Lipinski definition) is 1. The lowest BCUT2D eigenvalue weighted by molar-refractivity contribution is -0.140. The van der Waals surface area contributed by atoms with Gasteiger partial charge in [-0.05, 0) is 31.5 Å². The number of hydrogen-bond acceptors (Lipinski definition) is 6. The molecule has 0 fully saturated rings.